The maximum Gasteiger partial charge on any atom is 0.324 e. The van der Waals surface area contributed by atoms with Gasteiger partial charge in [-0.05, 0) is 76.1 Å². The van der Waals surface area contributed by atoms with Gasteiger partial charge in [0.05, 0.1) is 18.0 Å². The third kappa shape index (κ3) is 7.94. The van der Waals surface area contributed by atoms with Crippen molar-refractivity contribution in [2.45, 2.75) is 85.9 Å². The van der Waals surface area contributed by atoms with Crippen LogP contribution in [0, 0.1) is 18.3 Å². The van der Waals surface area contributed by atoms with Crippen molar-refractivity contribution in [3.8, 4) is 0 Å². The highest BCUT2D eigenvalue weighted by atomic mass is 16.5. The van der Waals surface area contributed by atoms with Crippen molar-refractivity contribution in [3.63, 3.8) is 0 Å². The van der Waals surface area contributed by atoms with Crippen LogP contribution in [0.25, 0.3) is 17.0 Å². The molecule has 10 nitrogen and oxygen atoms in total. The third-order valence-electron chi connectivity index (χ3n) is 7.65. The second-order valence-corrected chi connectivity index (χ2v) is 11.9. The van der Waals surface area contributed by atoms with Crippen molar-refractivity contribution in [2.75, 3.05) is 13.7 Å². The van der Waals surface area contributed by atoms with E-state index in [1.165, 1.54) is 17.7 Å². The van der Waals surface area contributed by atoms with Crippen molar-refractivity contribution in [2.24, 2.45) is 11.3 Å². The van der Waals surface area contributed by atoms with Crippen LogP contribution in [-0.4, -0.2) is 65.5 Å². The molecule has 1 fully saturated rings. The monoisotopic (exact) mass is 579 g/mol. The quantitative estimate of drug-likeness (QED) is 0.368. The molecule has 1 aliphatic rings. The van der Waals surface area contributed by atoms with E-state index in [2.05, 4.69) is 36.0 Å². The summed E-state index contributed by atoms with van der Waals surface area (Å²) in [5.74, 6) is -1.81. The molecule has 3 atom stereocenters. The van der Waals surface area contributed by atoms with Crippen LogP contribution in [0.2, 0.25) is 0 Å². The maximum atomic E-state index is 13.4. The van der Waals surface area contributed by atoms with E-state index in [1.807, 2.05) is 44.2 Å². The van der Waals surface area contributed by atoms with E-state index >= 15 is 0 Å². The molecule has 1 aromatic carbocycles. The molecule has 0 bridgehead atoms. The number of carbonyl (C=O) groups is 4. The topological polar surface area (TPSA) is 130 Å². The minimum Gasteiger partial charge on any atom is -0.468 e. The molecule has 10 heteroatoms. The Hall–Kier alpha value is -3.79. The molecular formula is C32H45N5O5. The van der Waals surface area contributed by atoms with Crippen LogP contribution in [0.4, 0.5) is 0 Å². The average Bonchev–Trinajstić information content (AvgIpc) is 2.97. The van der Waals surface area contributed by atoms with E-state index < -0.39 is 35.4 Å². The predicted octanol–water partition coefficient (Wildman–Crippen LogP) is 3.46. The first-order valence-corrected chi connectivity index (χ1v) is 14.6. The number of rotatable bonds is 10. The van der Waals surface area contributed by atoms with Crippen molar-refractivity contribution >= 4 is 40.7 Å². The summed E-state index contributed by atoms with van der Waals surface area (Å²) in [6, 6.07) is 5.83. The Kier molecular flexibility index (Phi) is 10.8. The number of amides is 3. The Morgan fingerprint density at radius 2 is 1.88 bits per heavy atom. The molecule has 1 aliphatic heterocycles. The number of fused-ring (bicyclic) bond motifs is 1. The van der Waals surface area contributed by atoms with Gasteiger partial charge in [0, 0.05) is 17.6 Å². The third-order valence-corrected chi connectivity index (χ3v) is 7.65. The van der Waals surface area contributed by atoms with Crippen LogP contribution in [0.5, 0.6) is 0 Å². The summed E-state index contributed by atoms with van der Waals surface area (Å²) in [5.41, 5.74) is 6.03. The Bertz CT molecular complexity index is 1350. The Balaban J connectivity index is 1.66. The number of pyridine rings is 1. The highest BCUT2D eigenvalue weighted by Gasteiger charge is 2.34. The van der Waals surface area contributed by atoms with Crippen LogP contribution in [0.15, 0.2) is 30.3 Å². The molecule has 0 aliphatic carbocycles. The van der Waals surface area contributed by atoms with Gasteiger partial charge < -0.3 is 15.4 Å². The molecule has 228 valence electrons. The lowest BCUT2D eigenvalue weighted by Crippen LogP contribution is -2.61. The molecule has 2 heterocycles. The molecule has 0 saturated carbocycles. The molecule has 2 aromatic rings. The summed E-state index contributed by atoms with van der Waals surface area (Å²) in [4.78, 5) is 56.3. The summed E-state index contributed by atoms with van der Waals surface area (Å²) in [5, 5.41) is 8.03. The number of aromatic nitrogens is 1. The van der Waals surface area contributed by atoms with Gasteiger partial charge in [-0.3, -0.25) is 29.2 Å². The zero-order valence-electron chi connectivity index (χ0n) is 26.0. The molecule has 3 unspecified atom stereocenters. The minimum absolute atomic E-state index is 0.226. The number of methoxy groups -OCH3 is 1. The van der Waals surface area contributed by atoms with Crippen LogP contribution in [-0.2, 0) is 30.3 Å². The number of ether oxygens (including phenoxy) is 1. The standard InChI is InChI=1S/C32H45N5O5/c1-9-24-20(4)17-23-13-12-22(18-26(23)34-24)14-15-32(6,7)31(41)35-27(19(2)3)28(38)33-21(5)29(39)37-16-10-11-25(36-37)30(40)42-8/h12-15,17-19,21,25,27,36H,9-11,16H2,1-8H3,(H,33,38)(H,35,41)/b15-14+. The van der Waals surface area contributed by atoms with Crippen LogP contribution < -0.4 is 16.1 Å². The van der Waals surface area contributed by atoms with E-state index in [0.29, 0.717) is 19.4 Å². The molecule has 3 amide bonds. The van der Waals surface area contributed by atoms with Crippen LogP contribution in [0.3, 0.4) is 0 Å². The zero-order chi connectivity index (χ0) is 31.2. The minimum atomic E-state index is -0.917. The first-order valence-electron chi connectivity index (χ1n) is 14.6. The van der Waals surface area contributed by atoms with Gasteiger partial charge in [0.2, 0.25) is 11.8 Å². The number of hydrogen-bond acceptors (Lipinski definition) is 7. The van der Waals surface area contributed by atoms with Crippen LogP contribution in [0.1, 0.15) is 71.2 Å². The Morgan fingerprint density at radius 3 is 2.52 bits per heavy atom. The maximum absolute atomic E-state index is 13.4. The molecule has 0 radical (unpaired) electrons. The number of nitrogens with one attached hydrogen (secondary N) is 3. The van der Waals surface area contributed by atoms with Crippen molar-refractivity contribution in [1.82, 2.24) is 26.1 Å². The van der Waals surface area contributed by atoms with Crippen LogP contribution >= 0.6 is 0 Å². The van der Waals surface area contributed by atoms with Gasteiger partial charge in [0.25, 0.3) is 5.91 Å². The lowest BCUT2D eigenvalue weighted by molar-refractivity contribution is -0.150. The fourth-order valence-electron chi connectivity index (χ4n) is 4.89. The molecular weight excluding hydrogens is 534 g/mol. The second kappa shape index (κ2) is 13.9. The van der Waals surface area contributed by atoms with Crippen molar-refractivity contribution in [1.29, 1.82) is 0 Å². The number of benzene rings is 1. The molecule has 3 N–H and O–H groups in total. The fourth-order valence-corrected chi connectivity index (χ4v) is 4.89. The first-order chi connectivity index (χ1) is 19.8. The molecule has 1 saturated heterocycles. The van der Waals surface area contributed by atoms with E-state index in [0.717, 1.165) is 28.6 Å². The van der Waals surface area contributed by atoms with E-state index in [-0.39, 0.29) is 17.7 Å². The van der Waals surface area contributed by atoms with Gasteiger partial charge in [-0.2, -0.15) is 0 Å². The number of carbonyl (C=O) groups excluding carboxylic acids is 4. The van der Waals surface area contributed by atoms with E-state index in [1.54, 1.807) is 20.8 Å². The number of hydrazine groups is 1. The normalized spacial score (nSPS) is 17.3. The molecule has 42 heavy (non-hydrogen) atoms. The molecule has 1 aromatic heterocycles. The Morgan fingerprint density at radius 1 is 1.17 bits per heavy atom. The fraction of sp³-hybridized carbons (Fsp3) is 0.531. The lowest BCUT2D eigenvalue weighted by atomic mass is 9.89. The largest absolute Gasteiger partial charge is 0.468 e. The van der Waals surface area contributed by atoms with Gasteiger partial charge in [0.15, 0.2) is 0 Å². The van der Waals surface area contributed by atoms with Gasteiger partial charge in [-0.15, -0.1) is 0 Å². The summed E-state index contributed by atoms with van der Waals surface area (Å²) in [7, 11) is 1.30. The van der Waals surface area contributed by atoms with Gasteiger partial charge in [0.1, 0.15) is 18.1 Å². The SMILES string of the molecule is CCc1nc2cc(/C=C/C(C)(C)C(=O)NC(C(=O)NC(C)C(=O)N3CCCC(C(=O)OC)N3)C(C)C)ccc2cc1C. The average molecular weight is 580 g/mol. The van der Waals surface area contributed by atoms with Crippen molar-refractivity contribution in [3.05, 3.63) is 47.2 Å². The van der Waals surface area contributed by atoms with Crippen molar-refractivity contribution < 1.29 is 23.9 Å². The number of nitrogens with zero attached hydrogens (tertiary/aromatic N) is 2. The highest BCUT2D eigenvalue weighted by molar-refractivity contribution is 5.94. The number of aryl methyl sites for hydroxylation is 2. The lowest BCUT2D eigenvalue weighted by Gasteiger charge is -2.34. The zero-order valence-corrected chi connectivity index (χ0v) is 26.0. The highest BCUT2D eigenvalue weighted by Crippen LogP contribution is 2.23. The summed E-state index contributed by atoms with van der Waals surface area (Å²) >= 11 is 0. The molecule has 3 rings (SSSR count). The summed E-state index contributed by atoms with van der Waals surface area (Å²) in [6.07, 6.45) is 5.75. The predicted molar refractivity (Wildman–Crippen MR) is 163 cm³/mol. The number of hydrogen-bond donors (Lipinski definition) is 3. The van der Waals surface area contributed by atoms with E-state index in [4.69, 9.17) is 9.72 Å². The van der Waals surface area contributed by atoms with E-state index in [9.17, 15) is 19.2 Å². The second-order valence-electron chi connectivity index (χ2n) is 11.9. The van der Waals surface area contributed by atoms with Gasteiger partial charge >= 0.3 is 5.97 Å². The smallest absolute Gasteiger partial charge is 0.324 e. The first kappa shape index (κ1) is 32.7. The van der Waals surface area contributed by atoms with Gasteiger partial charge in [-0.1, -0.05) is 45.1 Å². The van der Waals surface area contributed by atoms with Gasteiger partial charge in [-0.25, -0.2) is 5.43 Å². The summed E-state index contributed by atoms with van der Waals surface area (Å²) < 4.78 is 4.78. The number of esters is 1. The molecule has 0 spiro atoms. The Labute approximate surface area is 248 Å². The summed E-state index contributed by atoms with van der Waals surface area (Å²) in [6.45, 7) is 13.4.